The van der Waals surface area contributed by atoms with Gasteiger partial charge in [-0.15, -0.1) is 24.5 Å². The third-order valence-electron chi connectivity index (χ3n) is 6.23. The maximum Gasteiger partial charge on any atom is 0.573 e. The van der Waals surface area contributed by atoms with Gasteiger partial charge in [0.15, 0.2) is 0 Å². The average molecular weight is 498 g/mol. The number of piperidine rings is 1. The minimum absolute atomic E-state index is 0.0225. The highest BCUT2D eigenvalue weighted by Gasteiger charge is 2.36. The van der Waals surface area contributed by atoms with Crippen LogP contribution in [0.1, 0.15) is 55.3 Å². The number of ether oxygens (including phenoxy) is 2. The Morgan fingerprint density at radius 3 is 2.29 bits per heavy atom. The molecule has 1 aromatic carbocycles. The molecule has 2 aromatic rings. The first-order valence-corrected chi connectivity index (χ1v) is 12.3. The number of nitrogens with zero attached hydrogens (tertiary/aromatic N) is 3. The lowest BCUT2D eigenvalue weighted by Gasteiger charge is -2.40. The second-order valence-electron chi connectivity index (χ2n) is 9.85. The van der Waals surface area contributed by atoms with Gasteiger partial charge in [0.1, 0.15) is 5.75 Å². The lowest BCUT2D eigenvalue weighted by atomic mass is 9.84. The van der Waals surface area contributed by atoms with E-state index in [1.165, 1.54) is 12.1 Å². The normalized spacial score (nSPS) is 22.1. The zero-order chi connectivity index (χ0) is 24.5. The van der Waals surface area contributed by atoms with Gasteiger partial charge in [0.05, 0.1) is 23.9 Å². The molecule has 2 saturated heterocycles. The van der Waals surface area contributed by atoms with Crippen LogP contribution in [0.15, 0.2) is 29.6 Å². The standard InChI is InChI=1S/C24H30F3N3O3S/c1-23(2,3)20-15-34-21(28-20)18-12-17(16-4-6-19(7-5-16)33-24(25,26)27)13-30(14-18)22(31)29-8-10-32-11-9-29/h4-7,15,17-18H,8-14H2,1-3H3. The van der Waals surface area contributed by atoms with E-state index in [1.807, 2.05) is 9.80 Å². The monoisotopic (exact) mass is 497 g/mol. The Kier molecular flexibility index (Phi) is 7.09. The fourth-order valence-corrected chi connectivity index (χ4v) is 5.54. The van der Waals surface area contributed by atoms with Crippen LogP contribution in [-0.2, 0) is 10.2 Å². The summed E-state index contributed by atoms with van der Waals surface area (Å²) in [5.74, 6) is -0.221. The van der Waals surface area contributed by atoms with Gasteiger partial charge in [0.25, 0.3) is 0 Å². The molecular formula is C24H30F3N3O3S. The summed E-state index contributed by atoms with van der Waals surface area (Å²) in [6.07, 6.45) is -3.96. The highest BCUT2D eigenvalue weighted by Crippen LogP contribution is 2.39. The van der Waals surface area contributed by atoms with E-state index in [2.05, 4.69) is 30.9 Å². The summed E-state index contributed by atoms with van der Waals surface area (Å²) in [7, 11) is 0. The molecule has 0 saturated carbocycles. The first-order chi connectivity index (χ1) is 16.0. The predicted octanol–water partition coefficient (Wildman–Crippen LogP) is 5.36. The van der Waals surface area contributed by atoms with Crippen LogP contribution in [0.5, 0.6) is 5.75 Å². The van der Waals surface area contributed by atoms with Crippen LogP contribution in [-0.4, -0.2) is 66.6 Å². The number of benzene rings is 1. The van der Waals surface area contributed by atoms with Crippen molar-refractivity contribution in [3.05, 3.63) is 45.9 Å². The molecule has 2 fully saturated rings. The molecule has 4 rings (SSSR count). The van der Waals surface area contributed by atoms with Crippen LogP contribution in [0, 0.1) is 0 Å². The highest BCUT2D eigenvalue weighted by atomic mass is 32.1. The smallest absolute Gasteiger partial charge is 0.406 e. The van der Waals surface area contributed by atoms with E-state index in [4.69, 9.17) is 9.72 Å². The van der Waals surface area contributed by atoms with Crippen molar-refractivity contribution in [2.45, 2.75) is 50.8 Å². The van der Waals surface area contributed by atoms with Crippen molar-refractivity contribution in [1.82, 2.24) is 14.8 Å². The number of alkyl halides is 3. The lowest BCUT2D eigenvalue weighted by Crippen LogP contribution is -2.52. The van der Waals surface area contributed by atoms with Crippen molar-refractivity contribution in [1.29, 1.82) is 0 Å². The van der Waals surface area contributed by atoms with Gasteiger partial charge < -0.3 is 19.3 Å². The number of halogens is 3. The Labute approximate surface area is 201 Å². The number of amides is 2. The molecule has 0 spiro atoms. The Balaban J connectivity index is 1.57. The highest BCUT2D eigenvalue weighted by molar-refractivity contribution is 7.09. The fraction of sp³-hybridized carbons (Fsp3) is 0.583. The second kappa shape index (κ2) is 9.73. The maximum atomic E-state index is 13.3. The fourth-order valence-electron chi connectivity index (χ4n) is 4.39. The SMILES string of the molecule is CC(C)(C)c1csc(C2CC(c3ccc(OC(F)(F)F)cc3)CN(C(=O)N3CCOCC3)C2)n1. The molecule has 10 heteroatoms. The Bertz CT molecular complexity index is 982. The third-order valence-corrected chi connectivity index (χ3v) is 7.23. The number of carbonyl (C=O) groups excluding carboxylic acids is 1. The van der Waals surface area contributed by atoms with Gasteiger partial charge in [-0.2, -0.15) is 0 Å². The van der Waals surface area contributed by atoms with E-state index in [1.54, 1.807) is 23.5 Å². The average Bonchev–Trinajstić information content (AvgIpc) is 3.29. The molecule has 2 unspecified atom stereocenters. The van der Waals surface area contributed by atoms with Crippen LogP contribution in [0.3, 0.4) is 0 Å². The Hall–Kier alpha value is -2.33. The molecule has 0 radical (unpaired) electrons. The van der Waals surface area contributed by atoms with E-state index in [0.717, 1.165) is 22.7 Å². The van der Waals surface area contributed by atoms with Gasteiger partial charge in [-0.3, -0.25) is 0 Å². The second-order valence-corrected chi connectivity index (χ2v) is 10.7. The molecule has 0 bridgehead atoms. The Morgan fingerprint density at radius 2 is 1.71 bits per heavy atom. The van der Waals surface area contributed by atoms with Crippen molar-refractivity contribution in [3.63, 3.8) is 0 Å². The molecule has 186 valence electrons. The van der Waals surface area contributed by atoms with Crippen LogP contribution in [0.2, 0.25) is 0 Å². The predicted molar refractivity (Wildman–Crippen MR) is 123 cm³/mol. The summed E-state index contributed by atoms with van der Waals surface area (Å²) >= 11 is 1.61. The summed E-state index contributed by atoms with van der Waals surface area (Å²) in [4.78, 5) is 21.9. The largest absolute Gasteiger partial charge is 0.573 e. The van der Waals surface area contributed by atoms with Crippen LogP contribution in [0.4, 0.5) is 18.0 Å². The van der Waals surface area contributed by atoms with Crippen molar-refractivity contribution in [2.75, 3.05) is 39.4 Å². The van der Waals surface area contributed by atoms with Gasteiger partial charge in [0.2, 0.25) is 0 Å². The quantitative estimate of drug-likeness (QED) is 0.573. The van der Waals surface area contributed by atoms with Crippen molar-refractivity contribution in [3.8, 4) is 5.75 Å². The molecule has 2 atom stereocenters. The van der Waals surface area contributed by atoms with Gasteiger partial charge in [-0.1, -0.05) is 32.9 Å². The number of hydrogen-bond donors (Lipinski definition) is 0. The number of aromatic nitrogens is 1. The number of rotatable bonds is 3. The first-order valence-electron chi connectivity index (χ1n) is 11.4. The number of thiazole rings is 1. The summed E-state index contributed by atoms with van der Waals surface area (Å²) < 4.78 is 47.1. The zero-order valence-electron chi connectivity index (χ0n) is 19.6. The van der Waals surface area contributed by atoms with E-state index in [-0.39, 0.29) is 29.0 Å². The molecular weight excluding hydrogens is 467 g/mol. The minimum Gasteiger partial charge on any atom is -0.406 e. The van der Waals surface area contributed by atoms with E-state index < -0.39 is 6.36 Å². The van der Waals surface area contributed by atoms with E-state index >= 15 is 0 Å². The zero-order valence-corrected chi connectivity index (χ0v) is 20.4. The molecule has 1 aromatic heterocycles. The molecule has 2 aliphatic heterocycles. The summed E-state index contributed by atoms with van der Waals surface area (Å²) in [5, 5.41) is 3.07. The summed E-state index contributed by atoms with van der Waals surface area (Å²) in [6, 6.07) is 5.97. The topological polar surface area (TPSA) is 54.9 Å². The molecule has 0 N–H and O–H groups in total. The number of hydrogen-bond acceptors (Lipinski definition) is 5. The number of carbonyl (C=O) groups is 1. The van der Waals surface area contributed by atoms with Gasteiger partial charge in [-0.25, -0.2) is 9.78 Å². The van der Waals surface area contributed by atoms with Gasteiger partial charge in [0, 0.05) is 48.8 Å². The molecule has 6 nitrogen and oxygen atoms in total. The molecule has 3 heterocycles. The first kappa shape index (κ1) is 24.8. The lowest BCUT2D eigenvalue weighted by molar-refractivity contribution is -0.274. The van der Waals surface area contributed by atoms with Crippen molar-refractivity contribution >= 4 is 17.4 Å². The summed E-state index contributed by atoms with van der Waals surface area (Å²) in [6.45, 7) is 9.59. The van der Waals surface area contributed by atoms with Gasteiger partial charge >= 0.3 is 12.4 Å². The Morgan fingerprint density at radius 1 is 1.06 bits per heavy atom. The van der Waals surface area contributed by atoms with E-state index in [0.29, 0.717) is 39.4 Å². The van der Waals surface area contributed by atoms with Crippen LogP contribution in [0.25, 0.3) is 0 Å². The van der Waals surface area contributed by atoms with E-state index in [9.17, 15) is 18.0 Å². The number of likely N-dealkylation sites (tertiary alicyclic amines) is 1. The van der Waals surface area contributed by atoms with Crippen LogP contribution < -0.4 is 4.74 Å². The molecule has 34 heavy (non-hydrogen) atoms. The molecule has 2 aliphatic rings. The third kappa shape index (κ3) is 6.02. The number of urea groups is 1. The molecule has 2 amide bonds. The summed E-state index contributed by atoms with van der Waals surface area (Å²) in [5.41, 5.74) is 1.83. The van der Waals surface area contributed by atoms with Crippen molar-refractivity contribution in [2.24, 2.45) is 0 Å². The molecule has 0 aliphatic carbocycles. The maximum absolute atomic E-state index is 13.3. The van der Waals surface area contributed by atoms with Crippen molar-refractivity contribution < 1.29 is 27.4 Å². The minimum atomic E-state index is -4.73. The van der Waals surface area contributed by atoms with Crippen LogP contribution >= 0.6 is 11.3 Å². The van der Waals surface area contributed by atoms with Gasteiger partial charge in [-0.05, 0) is 24.1 Å². The number of morpholine rings is 1.